The van der Waals surface area contributed by atoms with Crippen molar-refractivity contribution in [3.05, 3.63) is 23.9 Å². The average Bonchev–Trinajstić information content (AvgIpc) is 3.01. The Morgan fingerprint density at radius 2 is 2.04 bits per heavy atom. The van der Waals surface area contributed by atoms with E-state index in [1.165, 1.54) is 31.9 Å². The van der Waals surface area contributed by atoms with Crippen LogP contribution in [0.5, 0.6) is 0 Å². The molecule has 132 valence electrons. The van der Waals surface area contributed by atoms with Gasteiger partial charge < -0.3 is 10.2 Å². The Bertz CT molecular complexity index is 584. The monoisotopic (exact) mass is 359 g/mol. The number of alkyl halides is 3. The molecule has 3 rings (SSSR count). The van der Waals surface area contributed by atoms with Gasteiger partial charge in [-0.2, -0.15) is 13.2 Å². The molecule has 2 aliphatic rings. The first-order valence-electron chi connectivity index (χ1n) is 8.11. The second kappa shape index (κ2) is 7.21. The maximum Gasteiger partial charge on any atom is 0.416 e. The van der Waals surface area contributed by atoms with E-state index in [9.17, 15) is 18.0 Å². The van der Waals surface area contributed by atoms with Crippen LogP contribution < -0.4 is 10.2 Å². The first-order valence-corrected chi connectivity index (χ1v) is 9.16. The lowest BCUT2D eigenvalue weighted by atomic mass is 10.1. The van der Waals surface area contributed by atoms with Crippen molar-refractivity contribution in [2.24, 2.45) is 0 Å². The minimum absolute atomic E-state index is 0.00792. The molecule has 1 amide bonds. The van der Waals surface area contributed by atoms with Crippen molar-refractivity contribution in [1.82, 2.24) is 10.3 Å². The van der Waals surface area contributed by atoms with Gasteiger partial charge in [-0.1, -0.05) is 12.8 Å². The summed E-state index contributed by atoms with van der Waals surface area (Å²) in [7, 11) is 0. The second-order valence-corrected chi connectivity index (χ2v) is 7.58. The molecular formula is C16H20F3N3OS. The van der Waals surface area contributed by atoms with Gasteiger partial charge in [-0.25, -0.2) is 4.98 Å². The molecule has 2 heterocycles. The van der Waals surface area contributed by atoms with E-state index in [2.05, 4.69) is 10.3 Å². The van der Waals surface area contributed by atoms with E-state index in [0.29, 0.717) is 29.9 Å². The SMILES string of the molecule is O=C(CSC1CCCC1)NC1CN(c2cc(C(F)(F)F)ccn2)C1. The third-order valence-electron chi connectivity index (χ3n) is 4.40. The van der Waals surface area contributed by atoms with Crippen LogP contribution in [-0.2, 0) is 11.0 Å². The van der Waals surface area contributed by atoms with Crippen molar-refractivity contribution < 1.29 is 18.0 Å². The van der Waals surface area contributed by atoms with Crippen molar-refractivity contribution >= 4 is 23.5 Å². The minimum atomic E-state index is -4.37. The molecule has 1 N–H and O–H groups in total. The molecule has 1 aromatic heterocycles. The predicted molar refractivity (Wildman–Crippen MR) is 88.1 cm³/mol. The van der Waals surface area contributed by atoms with E-state index < -0.39 is 11.7 Å². The van der Waals surface area contributed by atoms with Crippen LogP contribution >= 0.6 is 11.8 Å². The normalized spacial score (nSPS) is 19.4. The van der Waals surface area contributed by atoms with Gasteiger partial charge in [-0.05, 0) is 25.0 Å². The summed E-state index contributed by atoms with van der Waals surface area (Å²) in [6, 6.07) is 1.99. The number of nitrogens with zero attached hydrogens (tertiary/aromatic N) is 2. The third-order valence-corrected chi connectivity index (χ3v) is 5.77. The molecule has 8 heteroatoms. The maximum atomic E-state index is 12.7. The van der Waals surface area contributed by atoms with Crippen molar-refractivity contribution in [1.29, 1.82) is 0 Å². The summed E-state index contributed by atoms with van der Waals surface area (Å²) in [4.78, 5) is 17.6. The number of pyridine rings is 1. The smallest absolute Gasteiger partial charge is 0.352 e. The fraction of sp³-hybridized carbons (Fsp3) is 0.625. The zero-order chi connectivity index (χ0) is 17.2. The highest BCUT2D eigenvalue weighted by Gasteiger charge is 2.33. The summed E-state index contributed by atoms with van der Waals surface area (Å²) >= 11 is 1.71. The first kappa shape index (κ1) is 17.4. The van der Waals surface area contributed by atoms with Crippen molar-refractivity contribution in [2.45, 2.75) is 43.2 Å². The Kier molecular flexibility index (Phi) is 5.22. The molecule has 1 saturated carbocycles. The lowest BCUT2D eigenvalue weighted by molar-refractivity contribution is -0.137. The van der Waals surface area contributed by atoms with Gasteiger partial charge in [0, 0.05) is 24.5 Å². The zero-order valence-corrected chi connectivity index (χ0v) is 14.0. The standard InChI is InChI=1S/C16H20F3N3OS/c17-16(18,19)11-5-6-20-14(7-11)22-8-12(9-22)21-15(23)10-24-13-3-1-2-4-13/h5-7,12-13H,1-4,8-10H2,(H,21,23). The van der Waals surface area contributed by atoms with Crippen LogP contribution in [0.15, 0.2) is 18.3 Å². The van der Waals surface area contributed by atoms with E-state index in [4.69, 9.17) is 0 Å². The average molecular weight is 359 g/mol. The second-order valence-electron chi connectivity index (χ2n) is 6.29. The van der Waals surface area contributed by atoms with Crippen LogP contribution in [0, 0.1) is 0 Å². The molecule has 1 aliphatic heterocycles. The fourth-order valence-electron chi connectivity index (χ4n) is 3.04. The van der Waals surface area contributed by atoms with Crippen LogP contribution in [0.4, 0.5) is 19.0 Å². The number of rotatable bonds is 5. The molecule has 0 bridgehead atoms. The number of hydrogen-bond acceptors (Lipinski definition) is 4. The van der Waals surface area contributed by atoms with E-state index in [1.54, 1.807) is 16.7 Å². The number of thioether (sulfide) groups is 1. The van der Waals surface area contributed by atoms with Crippen LogP contribution in [0.25, 0.3) is 0 Å². The summed E-state index contributed by atoms with van der Waals surface area (Å²) in [6.07, 6.45) is 1.68. The molecular weight excluding hydrogens is 339 g/mol. The zero-order valence-electron chi connectivity index (χ0n) is 13.2. The van der Waals surface area contributed by atoms with Crippen molar-refractivity contribution in [2.75, 3.05) is 23.7 Å². The lowest BCUT2D eigenvalue weighted by Crippen LogP contribution is -2.60. The number of nitrogens with one attached hydrogen (secondary N) is 1. The number of halogens is 3. The largest absolute Gasteiger partial charge is 0.416 e. The van der Waals surface area contributed by atoms with Crippen molar-refractivity contribution in [3.63, 3.8) is 0 Å². The molecule has 1 saturated heterocycles. The molecule has 1 aliphatic carbocycles. The minimum Gasteiger partial charge on any atom is -0.352 e. The van der Waals surface area contributed by atoms with Crippen LogP contribution in [0.2, 0.25) is 0 Å². The molecule has 1 aromatic rings. The Morgan fingerprint density at radius 3 is 2.71 bits per heavy atom. The summed E-state index contributed by atoms with van der Waals surface area (Å²) in [5, 5.41) is 3.53. The Labute approximate surface area is 143 Å². The van der Waals surface area contributed by atoms with Gasteiger partial charge >= 0.3 is 6.18 Å². The highest BCUT2D eigenvalue weighted by Crippen LogP contribution is 2.32. The topological polar surface area (TPSA) is 45.2 Å². The first-order chi connectivity index (χ1) is 11.4. The Balaban J connectivity index is 1.43. The summed E-state index contributed by atoms with van der Waals surface area (Å²) < 4.78 is 38.1. The predicted octanol–water partition coefficient (Wildman–Crippen LogP) is 3.08. The summed E-state index contributed by atoms with van der Waals surface area (Å²) in [6.45, 7) is 0.988. The molecule has 24 heavy (non-hydrogen) atoms. The van der Waals surface area contributed by atoms with E-state index in [-0.39, 0.29) is 11.9 Å². The third kappa shape index (κ3) is 4.34. The highest BCUT2D eigenvalue weighted by atomic mass is 32.2. The number of hydrogen-bond donors (Lipinski definition) is 1. The molecule has 4 nitrogen and oxygen atoms in total. The summed E-state index contributed by atoms with van der Waals surface area (Å²) in [5.74, 6) is 0.771. The fourth-order valence-corrected chi connectivity index (χ4v) is 4.18. The van der Waals surface area contributed by atoms with E-state index >= 15 is 0 Å². The number of carbonyl (C=O) groups excluding carboxylic acids is 1. The van der Waals surface area contributed by atoms with Gasteiger partial charge in [0.1, 0.15) is 5.82 Å². The number of anilines is 1. The Hall–Kier alpha value is -1.44. The van der Waals surface area contributed by atoms with Gasteiger partial charge in [0.25, 0.3) is 0 Å². The van der Waals surface area contributed by atoms with Crippen LogP contribution in [-0.4, -0.2) is 41.0 Å². The van der Waals surface area contributed by atoms with Gasteiger partial charge in [0.05, 0.1) is 17.4 Å². The number of carbonyl (C=O) groups is 1. The van der Waals surface area contributed by atoms with Gasteiger partial charge in [0.15, 0.2) is 0 Å². The van der Waals surface area contributed by atoms with E-state index in [0.717, 1.165) is 12.1 Å². The van der Waals surface area contributed by atoms with Gasteiger partial charge in [-0.15, -0.1) is 11.8 Å². The molecule has 0 spiro atoms. The van der Waals surface area contributed by atoms with Gasteiger partial charge in [-0.3, -0.25) is 4.79 Å². The Morgan fingerprint density at radius 1 is 1.33 bits per heavy atom. The van der Waals surface area contributed by atoms with Crippen molar-refractivity contribution in [3.8, 4) is 0 Å². The number of amides is 1. The van der Waals surface area contributed by atoms with Crippen LogP contribution in [0.3, 0.4) is 0 Å². The molecule has 2 fully saturated rings. The summed E-state index contributed by atoms with van der Waals surface area (Å²) in [5.41, 5.74) is -0.701. The molecule has 0 atom stereocenters. The quantitative estimate of drug-likeness (QED) is 0.878. The number of aromatic nitrogens is 1. The molecule has 0 radical (unpaired) electrons. The molecule has 0 unspecified atom stereocenters. The van der Waals surface area contributed by atoms with E-state index in [1.807, 2.05) is 0 Å². The lowest BCUT2D eigenvalue weighted by Gasteiger charge is -2.40. The highest BCUT2D eigenvalue weighted by molar-refractivity contribution is 8.00. The maximum absolute atomic E-state index is 12.7. The molecule has 0 aromatic carbocycles. The van der Waals surface area contributed by atoms with Gasteiger partial charge in [0.2, 0.25) is 5.91 Å². The van der Waals surface area contributed by atoms with Crippen LogP contribution in [0.1, 0.15) is 31.2 Å².